The monoisotopic (exact) mass is 556 g/mol. The number of carbonyl (C=O) groups excluding carboxylic acids is 1. The average Bonchev–Trinajstić information content (AvgIpc) is 2.82. The van der Waals surface area contributed by atoms with Crippen LogP contribution in [-0.4, -0.2) is 33.2 Å². The molecule has 0 aliphatic carbocycles. The van der Waals surface area contributed by atoms with Gasteiger partial charge < -0.3 is 5.32 Å². The summed E-state index contributed by atoms with van der Waals surface area (Å²) < 4.78 is 67.5. The highest BCUT2D eigenvalue weighted by molar-refractivity contribution is 7.98. The number of benzene rings is 3. The van der Waals surface area contributed by atoms with Crippen molar-refractivity contribution in [3.63, 3.8) is 0 Å². The van der Waals surface area contributed by atoms with Crippen LogP contribution in [0.2, 0.25) is 5.02 Å². The maximum absolute atomic E-state index is 13.4. The summed E-state index contributed by atoms with van der Waals surface area (Å²) >= 11 is 7.30. The maximum atomic E-state index is 13.4. The predicted molar refractivity (Wildman–Crippen MR) is 138 cm³/mol. The van der Waals surface area contributed by atoms with Crippen LogP contribution in [0, 0.1) is 6.92 Å². The van der Waals surface area contributed by atoms with E-state index >= 15 is 0 Å². The summed E-state index contributed by atoms with van der Waals surface area (Å²) in [5, 5.41) is 2.08. The molecule has 3 aromatic rings. The third-order valence-corrected chi connectivity index (χ3v) is 8.23. The van der Waals surface area contributed by atoms with Crippen molar-refractivity contribution in [1.82, 2.24) is 5.32 Å². The smallest absolute Gasteiger partial charge is 0.354 e. The van der Waals surface area contributed by atoms with Crippen LogP contribution in [0.15, 0.2) is 77.7 Å². The molecule has 0 spiro atoms. The summed E-state index contributed by atoms with van der Waals surface area (Å²) in [6.45, 7) is 1.57. The Labute approximate surface area is 217 Å². The lowest BCUT2D eigenvalue weighted by Gasteiger charge is -2.25. The van der Waals surface area contributed by atoms with Crippen molar-refractivity contribution in [2.45, 2.75) is 23.7 Å². The Morgan fingerprint density at radius 2 is 1.75 bits per heavy atom. The topological polar surface area (TPSA) is 66.5 Å². The normalized spacial score (nSPS) is 11.8. The van der Waals surface area contributed by atoms with Crippen molar-refractivity contribution >= 4 is 45.0 Å². The number of hydrogen-bond acceptors (Lipinski definition) is 4. The molecule has 0 aliphatic rings. The summed E-state index contributed by atoms with van der Waals surface area (Å²) in [5.74, 6) is 0.676. The first kappa shape index (κ1) is 27.9. The number of nitrogens with one attached hydrogen (secondary N) is 1. The van der Waals surface area contributed by atoms with Crippen molar-refractivity contribution < 1.29 is 26.4 Å². The number of aryl methyl sites for hydroxylation is 1. The molecule has 0 aliphatic heterocycles. The number of rotatable bonds is 10. The van der Waals surface area contributed by atoms with Crippen molar-refractivity contribution in [3.05, 3.63) is 94.5 Å². The third kappa shape index (κ3) is 7.41. The van der Waals surface area contributed by atoms with E-state index in [2.05, 4.69) is 11.4 Å². The number of halogens is 4. The summed E-state index contributed by atoms with van der Waals surface area (Å²) in [7, 11) is -4.34. The molecule has 0 bridgehead atoms. The highest BCUT2D eigenvalue weighted by Gasteiger charge is 2.35. The van der Waals surface area contributed by atoms with Crippen LogP contribution in [-0.2, 0) is 26.7 Å². The van der Waals surface area contributed by atoms with Gasteiger partial charge in [0.15, 0.2) is 0 Å². The number of carbonyl (C=O) groups is 1. The molecule has 5 nitrogen and oxygen atoms in total. The SMILES string of the molecule is Cc1cccc(CSCCNC(=O)CN(c2ccc(Cl)c(C(F)(F)F)c2)S(=O)(=O)c2ccccc2)c1. The number of anilines is 1. The van der Waals surface area contributed by atoms with Gasteiger partial charge in [0.05, 0.1) is 21.2 Å². The van der Waals surface area contributed by atoms with E-state index in [-0.39, 0.29) is 17.1 Å². The highest BCUT2D eigenvalue weighted by atomic mass is 35.5. The highest BCUT2D eigenvalue weighted by Crippen LogP contribution is 2.38. The van der Waals surface area contributed by atoms with E-state index in [0.29, 0.717) is 16.1 Å². The van der Waals surface area contributed by atoms with Crippen LogP contribution in [0.25, 0.3) is 0 Å². The van der Waals surface area contributed by atoms with E-state index in [4.69, 9.17) is 11.6 Å². The molecule has 3 rings (SSSR count). The van der Waals surface area contributed by atoms with Gasteiger partial charge in [0.2, 0.25) is 5.91 Å². The second-order valence-corrected chi connectivity index (χ2v) is 11.3. The largest absolute Gasteiger partial charge is 0.417 e. The minimum atomic E-state index is -4.80. The Balaban J connectivity index is 1.74. The summed E-state index contributed by atoms with van der Waals surface area (Å²) in [6.07, 6.45) is -4.80. The van der Waals surface area contributed by atoms with Gasteiger partial charge in [-0.2, -0.15) is 24.9 Å². The second kappa shape index (κ2) is 12.0. The molecule has 3 aromatic carbocycles. The van der Waals surface area contributed by atoms with Crippen LogP contribution < -0.4 is 9.62 Å². The predicted octanol–water partition coefficient (Wildman–Crippen LogP) is 5.91. The molecule has 0 saturated carbocycles. The molecule has 1 amide bonds. The maximum Gasteiger partial charge on any atom is 0.417 e. The molecule has 11 heteroatoms. The molecule has 0 atom stereocenters. The molecule has 0 unspecified atom stereocenters. The number of sulfonamides is 1. The van der Waals surface area contributed by atoms with Crippen LogP contribution in [0.4, 0.5) is 18.9 Å². The Kier molecular flexibility index (Phi) is 9.32. The van der Waals surface area contributed by atoms with Gasteiger partial charge in [0.25, 0.3) is 10.0 Å². The summed E-state index contributed by atoms with van der Waals surface area (Å²) in [6, 6.07) is 18.0. The molecule has 0 heterocycles. The molecule has 0 aromatic heterocycles. The quantitative estimate of drug-likeness (QED) is 0.315. The van der Waals surface area contributed by atoms with Crippen LogP contribution in [0.1, 0.15) is 16.7 Å². The molecular formula is C25H24ClF3N2O3S2. The first-order valence-corrected chi connectivity index (χ1v) is 13.8. The van der Waals surface area contributed by atoms with Crippen molar-refractivity contribution in [2.24, 2.45) is 0 Å². The van der Waals surface area contributed by atoms with E-state index in [1.54, 1.807) is 17.8 Å². The fourth-order valence-corrected chi connectivity index (χ4v) is 5.83. The first-order valence-electron chi connectivity index (χ1n) is 10.8. The number of nitrogens with zero attached hydrogens (tertiary/aromatic N) is 1. The standard InChI is InChI=1S/C25H24ClF3N2O3S2/c1-18-6-5-7-19(14-18)17-35-13-12-30-24(32)16-31(36(33,34)21-8-3-2-4-9-21)20-10-11-23(26)22(15-20)25(27,28)29/h2-11,14-15H,12-13,16-17H2,1H3,(H,30,32). The van der Waals surface area contributed by atoms with Gasteiger partial charge in [-0.3, -0.25) is 9.10 Å². The fourth-order valence-electron chi connectivity index (χ4n) is 3.36. The molecule has 192 valence electrons. The molecule has 0 fully saturated rings. The van der Waals surface area contributed by atoms with Gasteiger partial charge in [0.1, 0.15) is 6.54 Å². The Morgan fingerprint density at radius 1 is 1.03 bits per heavy atom. The first-order chi connectivity index (χ1) is 17.0. The van der Waals surface area contributed by atoms with Gasteiger partial charge in [-0.1, -0.05) is 59.6 Å². The summed E-state index contributed by atoms with van der Waals surface area (Å²) in [5.41, 5.74) is 0.786. The lowest BCUT2D eigenvalue weighted by Crippen LogP contribution is -2.41. The minimum Gasteiger partial charge on any atom is -0.354 e. The Morgan fingerprint density at radius 3 is 2.42 bits per heavy atom. The zero-order valence-corrected chi connectivity index (χ0v) is 21.6. The second-order valence-electron chi connectivity index (χ2n) is 7.88. The van der Waals surface area contributed by atoms with Crippen LogP contribution in [0.5, 0.6) is 0 Å². The molecular weight excluding hydrogens is 533 g/mol. The number of amides is 1. The van der Waals surface area contributed by atoms with E-state index in [1.165, 1.54) is 24.3 Å². The fraction of sp³-hybridized carbons (Fsp3) is 0.240. The van der Waals surface area contributed by atoms with Gasteiger partial charge in [0, 0.05) is 18.1 Å². The zero-order valence-electron chi connectivity index (χ0n) is 19.3. The van der Waals surface area contributed by atoms with Gasteiger partial charge in [-0.15, -0.1) is 0 Å². The van der Waals surface area contributed by atoms with Crippen LogP contribution >= 0.6 is 23.4 Å². The Hall–Kier alpha value is -2.69. The number of alkyl halides is 3. The van der Waals surface area contributed by atoms with E-state index < -0.39 is 39.2 Å². The van der Waals surface area contributed by atoms with E-state index in [9.17, 15) is 26.4 Å². The number of hydrogen-bond donors (Lipinski definition) is 1. The van der Waals surface area contributed by atoms with Crippen molar-refractivity contribution in [1.29, 1.82) is 0 Å². The zero-order chi connectivity index (χ0) is 26.3. The average molecular weight is 557 g/mol. The summed E-state index contributed by atoms with van der Waals surface area (Å²) in [4.78, 5) is 12.5. The molecule has 1 N–H and O–H groups in total. The molecule has 0 saturated heterocycles. The van der Waals surface area contributed by atoms with E-state index in [0.717, 1.165) is 29.0 Å². The van der Waals surface area contributed by atoms with Crippen molar-refractivity contribution in [3.8, 4) is 0 Å². The van der Waals surface area contributed by atoms with Gasteiger partial charge >= 0.3 is 6.18 Å². The third-order valence-electron chi connectivity index (χ3n) is 5.08. The van der Waals surface area contributed by atoms with E-state index in [1.807, 2.05) is 25.1 Å². The molecule has 0 radical (unpaired) electrons. The molecule has 36 heavy (non-hydrogen) atoms. The van der Waals surface area contributed by atoms with Crippen molar-refractivity contribution in [2.75, 3.05) is 23.1 Å². The lowest BCUT2D eigenvalue weighted by atomic mass is 10.2. The van der Waals surface area contributed by atoms with Gasteiger partial charge in [-0.05, 0) is 42.8 Å². The Bertz CT molecular complexity index is 1300. The lowest BCUT2D eigenvalue weighted by molar-refractivity contribution is -0.137. The minimum absolute atomic E-state index is 0.157. The van der Waals surface area contributed by atoms with Gasteiger partial charge in [-0.25, -0.2) is 8.42 Å². The number of thioether (sulfide) groups is 1. The van der Waals surface area contributed by atoms with Crippen LogP contribution in [0.3, 0.4) is 0 Å².